The summed E-state index contributed by atoms with van der Waals surface area (Å²) in [6.07, 6.45) is 0.368. The first-order valence-corrected chi connectivity index (χ1v) is 11.3. The SMILES string of the molecule is CNC(=O)[C@H](Cc1ccccc1)N(Cc1cccc(Cl)c1)C(=O)COc1ccc(Cl)c(C)c1. The summed E-state index contributed by atoms with van der Waals surface area (Å²) in [5.41, 5.74) is 2.62. The molecule has 0 fully saturated rings. The number of carbonyl (C=O) groups is 2. The number of rotatable bonds is 9. The van der Waals surface area contributed by atoms with Crippen molar-refractivity contribution in [3.8, 4) is 5.75 Å². The van der Waals surface area contributed by atoms with Crippen molar-refractivity contribution in [2.75, 3.05) is 13.7 Å². The van der Waals surface area contributed by atoms with E-state index in [1.807, 2.05) is 49.4 Å². The van der Waals surface area contributed by atoms with Gasteiger partial charge < -0.3 is 15.0 Å². The first-order valence-electron chi connectivity index (χ1n) is 10.6. The summed E-state index contributed by atoms with van der Waals surface area (Å²) in [7, 11) is 1.56. The van der Waals surface area contributed by atoms with Crippen LogP contribution in [0.3, 0.4) is 0 Å². The van der Waals surface area contributed by atoms with Gasteiger partial charge in [-0.3, -0.25) is 9.59 Å². The number of hydrogen-bond acceptors (Lipinski definition) is 3. The van der Waals surface area contributed by atoms with Gasteiger partial charge in [-0.25, -0.2) is 0 Å². The average Bonchev–Trinajstić information content (AvgIpc) is 2.82. The fourth-order valence-corrected chi connectivity index (χ4v) is 3.82. The minimum atomic E-state index is -0.723. The molecule has 1 N–H and O–H groups in total. The lowest BCUT2D eigenvalue weighted by atomic mass is 10.0. The minimum Gasteiger partial charge on any atom is -0.484 e. The van der Waals surface area contributed by atoms with E-state index >= 15 is 0 Å². The Morgan fingerprint density at radius 3 is 2.36 bits per heavy atom. The highest BCUT2D eigenvalue weighted by Gasteiger charge is 2.30. The predicted molar refractivity (Wildman–Crippen MR) is 132 cm³/mol. The van der Waals surface area contributed by atoms with Crippen LogP contribution in [-0.2, 0) is 22.6 Å². The maximum atomic E-state index is 13.4. The van der Waals surface area contributed by atoms with E-state index in [1.165, 1.54) is 0 Å². The van der Waals surface area contributed by atoms with Crippen LogP contribution in [-0.4, -0.2) is 36.4 Å². The number of carbonyl (C=O) groups excluding carboxylic acids is 2. The van der Waals surface area contributed by atoms with Gasteiger partial charge in [0.05, 0.1) is 0 Å². The van der Waals surface area contributed by atoms with Gasteiger partial charge in [-0.05, 0) is 53.9 Å². The van der Waals surface area contributed by atoms with Crippen molar-refractivity contribution in [2.24, 2.45) is 0 Å². The van der Waals surface area contributed by atoms with Crippen molar-refractivity contribution in [2.45, 2.75) is 25.9 Å². The predicted octanol–water partition coefficient (Wildman–Crippen LogP) is 5.07. The molecule has 33 heavy (non-hydrogen) atoms. The van der Waals surface area contributed by atoms with Gasteiger partial charge in [0.25, 0.3) is 5.91 Å². The standard InChI is InChI=1S/C26H26Cl2N2O3/c1-18-13-22(11-12-23(18)28)33-17-25(31)30(16-20-9-6-10-21(27)14-20)24(26(32)29-2)15-19-7-4-3-5-8-19/h3-14,24H,15-17H2,1-2H3,(H,29,32)/t24-/m0/s1. The third-order valence-electron chi connectivity index (χ3n) is 5.25. The molecule has 5 nitrogen and oxygen atoms in total. The molecule has 3 aromatic rings. The normalized spacial score (nSPS) is 11.5. The number of benzene rings is 3. The second-order valence-electron chi connectivity index (χ2n) is 7.67. The summed E-state index contributed by atoms with van der Waals surface area (Å²) >= 11 is 12.2. The number of ether oxygens (including phenoxy) is 1. The van der Waals surface area contributed by atoms with Gasteiger partial charge in [-0.2, -0.15) is 0 Å². The van der Waals surface area contributed by atoms with Crippen molar-refractivity contribution < 1.29 is 14.3 Å². The quantitative estimate of drug-likeness (QED) is 0.461. The van der Waals surface area contributed by atoms with E-state index in [9.17, 15) is 9.59 Å². The highest BCUT2D eigenvalue weighted by molar-refractivity contribution is 6.31. The molecular formula is C26H26Cl2N2O3. The largest absolute Gasteiger partial charge is 0.484 e. The van der Waals surface area contributed by atoms with Crippen LogP contribution in [0.25, 0.3) is 0 Å². The number of hydrogen-bond donors (Lipinski definition) is 1. The Balaban J connectivity index is 1.87. The zero-order chi connectivity index (χ0) is 23.8. The number of halogens is 2. The van der Waals surface area contributed by atoms with Crippen molar-refractivity contribution in [1.29, 1.82) is 0 Å². The molecule has 0 heterocycles. The maximum Gasteiger partial charge on any atom is 0.261 e. The van der Waals surface area contributed by atoms with Crippen LogP contribution in [0, 0.1) is 6.92 Å². The van der Waals surface area contributed by atoms with Crippen LogP contribution in [0.5, 0.6) is 5.75 Å². The summed E-state index contributed by atoms with van der Waals surface area (Å²) in [4.78, 5) is 27.8. The topological polar surface area (TPSA) is 58.6 Å². The van der Waals surface area contributed by atoms with E-state index < -0.39 is 6.04 Å². The van der Waals surface area contributed by atoms with E-state index in [0.29, 0.717) is 22.2 Å². The third-order valence-corrected chi connectivity index (χ3v) is 5.91. The van der Waals surface area contributed by atoms with Crippen LogP contribution >= 0.6 is 23.2 Å². The second-order valence-corrected chi connectivity index (χ2v) is 8.51. The van der Waals surface area contributed by atoms with Gasteiger partial charge in [-0.15, -0.1) is 0 Å². The van der Waals surface area contributed by atoms with Crippen molar-refractivity contribution in [3.63, 3.8) is 0 Å². The Bertz CT molecular complexity index is 1110. The molecule has 7 heteroatoms. The molecule has 0 radical (unpaired) electrons. The average molecular weight is 485 g/mol. The van der Waals surface area contributed by atoms with Crippen LogP contribution in [0.4, 0.5) is 0 Å². The Labute approximate surface area is 204 Å². The molecule has 2 amide bonds. The monoisotopic (exact) mass is 484 g/mol. The summed E-state index contributed by atoms with van der Waals surface area (Å²) in [6.45, 7) is 1.86. The molecule has 3 aromatic carbocycles. The molecular weight excluding hydrogens is 459 g/mol. The lowest BCUT2D eigenvalue weighted by Gasteiger charge is -2.31. The number of amides is 2. The van der Waals surface area contributed by atoms with Crippen LogP contribution < -0.4 is 10.1 Å². The molecule has 172 valence electrons. The van der Waals surface area contributed by atoms with Gasteiger partial charge in [0.15, 0.2) is 6.61 Å². The van der Waals surface area contributed by atoms with Gasteiger partial charge in [0, 0.05) is 30.1 Å². The van der Waals surface area contributed by atoms with Crippen LogP contribution in [0.1, 0.15) is 16.7 Å². The fourth-order valence-electron chi connectivity index (χ4n) is 3.49. The zero-order valence-electron chi connectivity index (χ0n) is 18.6. The van der Waals surface area contributed by atoms with Gasteiger partial charge in [0.1, 0.15) is 11.8 Å². The van der Waals surface area contributed by atoms with E-state index in [1.54, 1.807) is 42.3 Å². The van der Waals surface area contributed by atoms with Crippen molar-refractivity contribution in [1.82, 2.24) is 10.2 Å². The van der Waals surface area contributed by atoms with Crippen molar-refractivity contribution in [3.05, 3.63) is 99.5 Å². The fraction of sp³-hybridized carbons (Fsp3) is 0.231. The molecule has 0 aliphatic heterocycles. The third kappa shape index (κ3) is 6.98. The molecule has 0 saturated carbocycles. The summed E-state index contributed by atoms with van der Waals surface area (Å²) in [5, 5.41) is 3.88. The minimum absolute atomic E-state index is 0.216. The second kappa shape index (κ2) is 11.7. The highest BCUT2D eigenvalue weighted by Crippen LogP contribution is 2.22. The van der Waals surface area contributed by atoms with E-state index in [0.717, 1.165) is 16.7 Å². The Morgan fingerprint density at radius 1 is 0.970 bits per heavy atom. The van der Waals surface area contributed by atoms with Crippen LogP contribution in [0.2, 0.25) is 10.0 Å². The number of nitrogens with one attached hydrogen (secondary N) is 1. The Morgan fingerprint density at radius 2 is 1.70 bits per heavy atom. The smallest absolute Gasteiger partial charge is 0.261 e. The molecule has 1 atom stereocenters. The van der Waals surface area contributed by atoms with E-state index in [2.05, 4.69) is 5.32 Å². The first kappa shape index (κ1) is 24.6. The Hall–Kier alpha value is -3.02. The lowest BCUT2D eigenvalue weighted by Crippen LogP contribution is -2.51. The molecule has 0 aliphatic carbocycles. The molecule has 0 aromatic heterocycles. The molecule has 0 spiro atoms. The number of likely N-dealkylation sites (N-methyl/N-ethyl adjacent to an activating group) is 1. The van der Waals surface area contributed by atoms with Gasteiger partial charge >= 0.3 is 0 Å². The first-order chi connectivity index (χ1) is 15.9. The van der Waals surface area contributed by atoms with E-state index in [-0.39, 0.29) is 25.0 Å². The lowest BCUT2D eigenvalue weighted by molar-refractivity contribution is -0.142. The van der Waals surface area contributed by atoms with E-state index in [4.69, 9.17) is 27.9 Å². The zero-order valence-corrected chi connectivity index (χ0v) is 20.1. The number of aryl methyl sites for hydroxylation is 1. The molecule has 0 unspecified atom stereocenters. The summed E-state index contributed by atoms with van der Waals surface area (Å²) in [5.74, 6) is -0.0313. The number of nitrogens with zero attached hydrogens (tertiary/aromatic N) is 1. The highest BCUT2D eigenvalue weighted by atomic mass is 35.5. The maximum absolute atomic E-state index is 13.4. The van der Waals surface area contributed by atoms with Gasteiger partial charge in [-0.1, -0.05) is 65.7 Å². The summed E-state index contributed by atoms with van der Waals surface area (Å²) < 4.78 is 5.75. The molecule has 0 saturated heterocycles. The molecule has 0 aliphatic rings. The Kier molecular flexibility index (Phi) is 8.75. The van der Waals surface area contributed by atoms with Crippen molar-refractivity contribution >= 4 is 35.0 Å². The molecule has 3 rings (SSSR count). The van der Waals surface area contributed by atoms with Crippen LogP contribution in [0.15, 0.2) is 72.8 Å². The molecule has 0 bridgehead atoms. The summed E-state index contributed by atoms with van der Waals surface area (Å²) in [6, 6.07) is 21.3. The van der Waals surface area contributed by atoms with Gasteiger partial charge in [0.2, 0.25) is 5.91 Å².